The zero-order chi connectivity index (χ0) is 42.9. The number of H-pyrrole nitrogens is 2. The lowest BCUT2D eigenvalue weighted by molar-refractivity contribution is 0.0953. The number of benzene rings is 4. The van der Waals surface area contributed by atoms with Gasteiger partial charge in [-0.1, -0.05) is 65.2 Å². The lowest BCUT2D eigenvalue weighted by Gasteiger charge is -2.14. The Morgan fingerprint density at radius 2 is 0.721 bits per heavy atom. The average molecular weight is 799 g/mol. The number of nitrogens with one attached hydrogen (secondary N) is 3. The van der Waals surface area contributed by atoms with Crippen LogP contribution in [0.5, 0.6) is 0 Å². The highest BCUT2D eigenvalue weighted by Crippen LogP contribution is 2.42. The molecule has 0 aliphatic carbocycles. The van der Waals surface area contributed by atoms with Crippen LogP contribution in [0.2, 0.25) is 0 Å². The van der Waals surface area contributed by atoms with Crippen LogP contribution in [-0.4, -0.2) is 25.8 Å². The quantitative estimate of drug-likeness (QED) is 0.0789. The van der Waals surface area contributed by atoms with Gasteiger partial charge in [0.1, 0.15) is 0 Å². The molecule has 0 unspecified atom stereocenters. The van der Waals surface area contributed by atoms with E-state index in [0.29, 0.717) is 5.56 Å². The van der Waals surface area contributed by atoms with Crippen LogP contribution >= 0.6 is 0 Å². The number of fused-ring (bicyclic) bond motifs is 8. The molecule has 5 heterocycles. The van der Waals surface area contributed by atoms with Gasteiger partial charge in [-0.2, -0.15) is 0 Å². The van der Waals surface area contributed by atoms with Gasteiger partial charge in [-0.15, -0.1) is 0 Å². The highest BCUT2D eigenvalue weighted by molar-refractivity contribution is 6.02. The molecule has 5 N–H and O–H groups in total. The van der Waals surface area contributed by atoms with Crippen molar-refractivity contribution < 1.29 is 4.79 Å². The van der Waals surface area contributed by atoms with Crippen molar-refractivity contribution in [2.75, 3.05) is 0 Å². The van der Waals surface area contributed by atoms with Crippen LogP contribution in [0, 0.1) is 62.3 Å². The van der Waals surface area contributed by atoms with Gasteiger partial charge in [-0.3, -0.25) is 10.2 Å². The highest BCUT2D eigenvalue weighted by Gasteiger charge is 2.23. The van der Waals surface area contributed by atoms with Gasteiger partial charge in [-0.25, -0.2) is 15.8 Å². The number of carbonyl (C=O) groups is 1. The largest absolute Gasteiger partial charge is 0.354 e. The standard InChI is InChI=1S/C54H50N6O/c1-28-22-31(4)47(32(5)23-28)51-41-16-14-39(56-41)50(37-10-12-38(13-11-37)54(61)60-55)40-15-17-42(57-40)52(48-33(6)24-29(2)25-34(48)7)44-19-21-46(59-44)53(45-20-18-43(51)58-45)49-35(8)26-30(3)27-36(49)9/h10-27,56,59H,55H2,1-9H3,(H,60,61). The third kappa shape index (κ3) is 6.91. The van der Waals surface area contributed by atoms with Crippen molar-refractivity contribution in [2.24, 2.45) is 5.84 Å². The molecular formula is C54H50N6O. The summed E-state index contributed by atoms with van der Waals surface area (Å²) in [4.78, 5) is 31.4. The first-order valence-corrected chi connectivity index (χ1v) is 20.8. The molecule has 2 aliphatic rings. The fraction of sp³-hybridized carbons (Fsp3) is 0.167. The molecule has 0 spiro atoms. The number of aromatic nitrogens is 4. The van der Waals surface area contributed by atoms with Gasteiger partial charge in [0.05, 0.1) is 22.8 Å². The summed E-state index contributed by atoms with van der Waals surface area (Å²) in [5.41, 5.74) is 29.0. The number of hydrogen-bond acceptors (Lipinski definition) is 4. The van der Waals surface area contributed by atoms with E-state index >= 15 is 0 Å². The number of aryl methyl sites for hydroxylation is 9. The second-order valence-corrected chi connectivity index (χ2v) is 16.9. The summed E-state index contributed by atoms with van der Waals surface area (Å²) in [5, 5.41) is 0. The van der Waals surface area contributed by atoms with E-state index in [1.54, 1.807) is 12.1 Å². The molecule has 0 radical (unpaired) electrons. The van der Waals surface area contributed by atoms with Crippen LogP contribution in [0.25, 0.3) is 90.9 Å². The third-order valence-corrected chi connectivity index (χ3v) is 12.1. The zero-order valence-electron chi connectivity index (χ0n) is 36.3. The Balaban J connectivity index is 1.50. The van der Waals surface area contributed by atoms with Crippen LogP contribution in [0.15, 0.2) is 84.9 Å². The van der Waals surface area contributed by atoms with E-state index in [2.05, 4.69) is 163 Å². The lowest BCUT2D eigenvalue weighted by Crippen LogP contribution is -2.29. The number of aromatic amines is 2. The summed E-state index contributed by atoms with van der Waals surface area (Å²) < 4.78 is 0. The number of amides is 1. The zero-order valence-corrected chi connectivity index (χ0v) is 36.3. The number of carbonyl (C=O) groups excluding carboxylic acids is 1. The summed E-state index contributed by atoms with van der Waals surface area (Å²) in [6.45, 7) is 19.6. The molecule has 3 aromatic heterocycles. The van der Waals surface area contributed by atoms with Crippen molar-refractivity contribution >= 4 is 52.3 Å². The Hall–Kier alpha value is -7.09. The molecule has 0 atom stereocenters. The number of nitrogen functional groups attached to an aromatic ring is 1. The third-order valence-electron chi connectivity index (χ3n) is 12.1. The molecular weight excluding hydrogens is 749 g/mol. The van der Waals surface area contributed by atoms with Crippen LogP contribution in [0.1, 0.15) is 83.2 Å². The van der Waals surface area contributed by atoms with Gasteiger partial charge < -0.3 is 9.97 Å². The van der Waals surface area contributed by atoms with Crippen molar-refractivity contribution in [1.82, 2.24) is 25.4 Å². The van der Waals surface area contributed by atoms with Gasteiger partial charge in [0, 0.05) is 49.9 Å². The predicted molar refractivity (Wildman–Crippen MR) is 255 cm³/mol. The van der Waals surface area contributed by atoms with Crippen molar-refractivity contribution in [3.05, 3.63) is 163 Å². The molecule has 0 fully saturated rings. The maximum Gasteiger partial charge on any atom is 0.265 e. The molecule has 4 aromatic carbocycles. The second-order valence-electron chi connectivity index (χ2n) is 16.9. The first kappa shape index (κ1) is 39.4. The first-order valence-electron chi connectivity index (χ1n) is 20.8. The maximum absolute atomic E-state index is 12.5. The van der Waals surface area contributed by atoms with Crippen LogP contribution in [0.3, 0.4) is 0 Å². The molecule has 7 aromatic rings. The van der Waals surface area contributed by atoms with Gasteiger partial charge in [0.25, 0.3) is 5.91 Å². The lowest BCUT2D eigenvalue weighted by atomic mass is 9.92. The van der Waals surface area contributed by atoms with Crippen LogP contribution < -0.4 is 11.3 Å². The Bertz CT molecular complexity index is 3100. The minimum atomic E-state index is -0.350. The molecule has 61 heavy (non-hydrogen) atoms. The Morgan fingerprint density at radius 3 is 1.03 bits per heavy atom. The molecule has 2 aliphatic heterocycles. The summed E-state index contributed by atoms with van der Waals surface area (Å²) in [6.07, 6.45) is 8.57. The molecule has 7 nitrogen and oxygen atoms in total. The van der Waals surface area contributed by atoms with Crippen molar-refractivity contribution in [3.8, 4) is 44.5 Å². The van der Waals surface area contributed by atoms with Gasteiger partial charge in [-0.05, 0) is 179 Å². The van der Waals surface area contributed by atoms with Gasteiger partial charge >= 0.3 is 0 Å². The van der Waals surface area contributed by atoms with E-state index in [1.807, 2.05) is 12.1 Å². The molecule has 1 amide bonds. The average Bonchev–Trinajstić information content (AvgIpc) is 4.05. The topological polar surface area (TPSA) is 112 Å². The SMILES string of the molecule is Cc1cc(C)c(-c2c3nc(c(-c4c(C)cc(C)cc4C)c4ccc([nH]4)c(-c4c(C)cc(C)cc4C)c4nc(c(-c5ccc(C(=O)NN)cc5)c5ccc2[nH]5)C=C4)C=C3)c(C)c1. The summed E-state index contributed by atoms with van der Waals surface area (Å²) in [7, 11) is 0. The van der Waals surface area contributed by atoms with Crippen molar-refractivity contribution in [3.63, 3.8) is 0 Å². The normalized spacial score (nSPS) is 12.0. The van der Waals surface area contributed by atoms with E-state index in [-0.39, 0.29) is 5.91 Å². The van der Waals surface area contributed by atoms with E-state index in [1.165, 1.54) is 55.6 Å². The van der Waals surface area contributed by atoms with Crippen molar-refractivity contribution in [1.29, 1.82) is 0 Å². The molecule has 7 heteroatoms. The monoisotopic (exact) mass is 798 g/mol. The predicted octanol–water partition coefficient (Wildman–Crippen LogP) is 12.7. The number of hydrazine groups is 1. The highest BCUT2D eigenvalue weighted by atomic mass is 16.2. The maximum atomic E-state index is 12.5. The Labute approximate surface area is 357 Å². The van der Waals surface area contributed by atoms with Gasteiger partial charge in [0.2, 0.25) is 0 Å². The minimum absolute atomic E-state index is 0.350. The molecule has 8 bridgehead atoms. The van der Waals surface area contributed by atoms with E-state index in [9.17, 15) is 4.79 Å². The Kier molecular flexibility index (Phi) is 9.80. The molecule has 302 valence electrons. The number of rotatable bonds is 5. The fourth-order valence-electron chi connectivity index (χ4n) is 9.89. The molecule has 9 rings (SSSR count). The van der Waals surface area contributed by atoms with Crippen LogP contribution in [0.4, 0.5) is 0 Å². The van der Waals surface area contributed by atoms with Crippen LogP contribution in [-0.2, 0) is 0 Å². The summed E-state index contributed by atoms with van der Waals surface area (Å²) >= 11 is 0. The van der Waals surface area contributed by atoms with E-state index in [0.717, 1.165) is 83.8 Å². The van der Waals surface area contributed by atoms with Gasteiger partial charge in [0.15, 0.2) is 0 Å². The Morgan fingerprint density at radius 1 is 0.426 bits per heavy atom. The number of nitrogens with zero attached hydrogens (tertiary/aromatic N) is 2. The number of hydrogen-bond donors (Lipinski definition) is 4. The summed E-state index contributed by atoms with van der Waals surface area (Å²) in [5.74, 6) is 5.17. The smallest absolute Gasteiger partial charge is 0.265 e. The first-order chi connectivity index (χ1) is 29.3. The molecule has 0 saturated heterocycles. The van der Waals surface area contributed by atoms with E-state index in [4.69, 9.17) is 15.8 Å². The fourth-order valence-corrected chi connectivity index (χ4v) is 9.89. The minimum Gasteiger partial charge on any atom is -0.354 e. The summed E-state index contributed by atoms with van der Waals surface area (Å²) in [6, 6.07) is 29.7. The van der Waals surface area contributed by atoms with Crippen molar-refractivity contribution in [2.45, 2.75) is 62.3 Å². The molecule has 0 saturated carbocycles. The van der Waals surface area contributed by atoms with E-state index < -0.39 is 0 Å². The second kappa shape index (κ2) is 15.2. The number of nitrogens with two attached hydrogens (primary N) is 1.